The lowest BCUT2D eigenvalue weighted by Gasteiger charge is -2.30. The first kappa shape index (κ1) is 10.2. The van der Waals surface area contributed by atoms with Crippen LogP contribution < -0.4 is 0 Å². The molecule has 0 aromatic carbocycles. The van der Waals surface area contributed by atoms with E-state index in [0.29, 0.717) is 5.04 Å². The Morgan fingerprint density at radius 2 is 1.40 bits per heavy atom. The van der Waals surface area contributed by atoms with Crippen LogP contribution in [0.1, 0.15) is 41.0 Å². The minimum Gasteiger partial charge on any atom is -0.0680 e. The molecule has 0 saturated heterocycles. The molecule has 1 radical (unpaired) electrons. The molecule has 0 rings (SSSR count). The zero-order valence-electron chi connectivity index (χ0n) is 8.12. The lowest BCUT2D eigenvalue weighted by molar-refractivity contribution is 0.626. The van der Waals surface area contributed by atoms with E-state index in [1.54, 1.807) is 0 Å². The minimum atomic E-state index is -0.0504. The van der Waals surface area contributed by atoms with E-state index in [1.165, 1.54) is 18.5 Å². The van der Waals surface area contributed by atoms with E-state index in [2.05, 4.69) is 34.6 Å². The van der Waals surface area contributed by atoms with Gasteiger partial charge in [-0.3, -0.25) is 0 Å². The summed E-state index contributed by atoms with van der Waals surface area (Å²) in [6, 6.07) is 2.87. The SMILES string of the molecule is CC[Si](CC)C(C)(C)CC. The average Bonchev–Trinajstić information content (AvgIpc) is 1.90. The fourth-order valence-corrected chi connectivity index (χ4v) is 4.37. The van der Waals surface area contributed by atoms with Crippen LogP contribution in [-0.4, -0.2) is 8.80 Å². The van der Waals surface area contributed by atoms with Crippen molar-refractivity contribution in [1.29, 1.82) is 0 Å². The maximum absolute atomic E-state index is 2.42. The van der Waals surface area contributed by atoms with Gasteiger partial charge in [0.1, 0.15) is 0 Å². The monoisotopic (exact) mass is 157 g/mol. The van der Waals surface area contributed by atoms with Crippen molar-refractivity contribution in [3.05, 3.63) is 0 Å². The van der Waals surface area contributed by atoms with Crippen molar-refractivity contribution >= 4 is 8.80 Å². The van der Waals surface area contributed by atoms with E-state index < -0.39 is 0 Å². The molecular weight excluding hydrogens is 136 g/mol. The van der Waals surface area contributed by atoms with Crippen LogP contribution in [0.15, 0.2) is 0 Å². The van der Waals surface area contributed by atoms with E-state index in [0.717, 1.165) is 0 Å². The van der Waals surface area contributed by atoms with Gasteiger partial charge in [-0.25, -0.2) is 0 Å². The van der Waals surface area contributed by atoms with Gasteiger partial charge in [0, 0.05) is 0 Å². The molecule has 0 nitrogen and oxygen atoms in total. The summed E-state index contributed by atoms with van der Waals surface area (Å²) in [5.41, 5.74) is 0. The van der Waals surface area contributed by atoms with Crippen molar-refractivity contribution in [2.75, 3.05) is 0 Å². The standard InChI is InChI=1S/C9H21Si/c1-6-9(4,5)10(7-2)8-3/h6-8H2,1-5H3. The predicted octanol–water partition coefficient (Wildman–Crippen LogP) is 3.71. The molecule has 0 bridgehead atoms. The molecule has 0 aliphatic rings. The fraction of sp³-hybridized carbons (Fsp3) is 1.00. The van der Waals surface area contributed by atoms with Crippen LogP contribution in [0.5, 0.6) is 0 Å². The van der Waals surface area contributed by atoms with Crippen molar-refractivity contribution in [2.45, 2.75) is 58.2 Å². The summed E-state index contributed by atoms with van der Waals surface area (Å²) < 4.78 is 0. The van der Waals surface area contributed by atoms with Crippen LogP contribution in [0.25, 0.3) is 0 Å². The molecular formula is C9H21Si. The molecule has 0 fully saturated rings. The third-order valence-electron chi connectivity index (χ3n) is 2.69. The summed E-state index contributed by atoms with van der Waals surface area (Å²) in [4.78, 5) is 0. The summed E-state index contributed by atoms with van der Waals surface area (Å²) in [5.74, 6) is 0. The Morgan fingerprint density at radius 3 is 1.50 bits per heavy atom. The smallest absolute Gasteiger partial charge is 0.0534 e. The second kappa shape index (κ2) is 4.17. The Morgan fingerprint density at radius 1 is 1.00 bits per heavy atom. The van der Waals surface area contributed by atoms with Crippen molar-refractivity contribution in [3.63, 3.8) is 0 Å². The van der Waals surface area contributed by atoms with E-state index in [1.807, 2.05) is 0 Å². The van der Waals surface area contributed by atoms with Crippen LogP contribution in [0.3, 0.4) is 0 Å². The largest absolute Gasteiger partial charge is 0.0680 e. The maximum Gasteiger partial charge on any atom is 0.0534 e. The minimum absolute atomic E-state index is 0.0504. The van der Waals surface area contributed by atoms with Gasteiger partial charge in [0.15, 0.2) is 0 Å². The zero-order chi connectivity index (χ0) is 8.20. The molecule has 0 unspecified atom stereocenters. The van der Waals surface area contributed by atoms with Crippen molar-refractivity contribution in [3.8, 4) is 0 Å². The molecule has 0 spiro atoms. The molecule has 0 heterocycles. The first-order valence-corrected chi connectivity index (χ1v) is 6.35. The van der Waals surface area contributed by atoms with Crippen LogP contribution in [-0.2, 0) is 0 Å². The molecule has 61 valence electrons. The van der Waals surface area contributed by atoms with Crippen molar-refractivity contribution in [1.82, 2.24) is 0 Å². The quantitative estimate of drug-likeness (QED) is 0.546. The third-order valence-corrected chi connectivity index (χ3v) is 6.67. The van der Waals surface area contributed by atoms with Gasteiger partial charge in [-0.05, 0) is 5.04 Å². The normalized spacial score (nSPS) is 12.6. The Hall–Kier alpha value is 0.217. The van der Waals surface area contributed by atoms with Gasteiger partial charge in [-0.15, -0.1) is 0 Å². The van der Waals surface area contributed by atoms with E-state index in [4.69, 9.17) is 0 Å². The molecule has 0 amide bonds. The summed E-state index contributed by atoms with van der Waals surface area (Å²) in [6.07, 6.45) is 1.35. The van der Waals surface area contributed by atoms with E-state index in [-0.39, 0.29) is 8.80 Å². The Labute approximate surface area is 67.6 Å². The molecule has 0 aliphatic carbocycles. The van der Waals surface area contributed by atoms with Gasteiger partial charge in [0.25, 0.3) is 0 Å². The highest BCUT2D eigenvalue weighted by Crippen LogP contribution is 2.35. The van der Waals surface area contributed by atoms with Crippen LogP contribution in [0.2, 0.25) is 17.1 Å². The van der Waals surface area contributed by atoms with Gasteiger partial charge in [-0.2, -0.15) is 0 Å². The van der Waals surface area contributed by atoms with Crippen LogP contribution in [0, 0.1) is 0 Å². The summed E-state index contributed by atoms with van der Waals surface area (Å²) >= 11 is 0. The van der Waals surface area contributed by atoms with Gasteiger partial charge < -0.3 is 0 Å². The molecule has 0 aromatic heterocycles. The lowest BCUT2D eigenvalue weighted by atomic mass is 10.1. The van der Waals surface area contributed by atoms with Gasteiger partial charge in [0.2, 0.25) is 0 Å². The average molecular weight is 157 g/mol. The topological polar surface area (TPSA) is 0 Å². The molecule has 1 heteroatoms. The van der Waals surface area contributed by atoms with Crippen LogP contribution in [0.4, 0.5) is 0 Å². The number of hydrogen-bond donors (Lipinski definition) is 0. The summed E-state index contributed by atoms with van der Waals surface area (Å²) in [7, 11) is -0.0504. The summed E-state index contributed by atoms with van der Waals surface area (Å²) in [5, 5.41) is 0.661. The van der Waals surface area contributed by atoms with E-state index in [9.17, 15) is 0 Å². The molecule has 0 aromatic rings. The third kappa shape index (κ3) is 2.45. The van der Waals surface area contributed by atoms with Gasteiger partial charge in [-0.1, -0.05) is 53.1 Å². The Balaban J connectivity index is 3.97. The maximum atomic E-state index is 2.42. The first-order chi connectivity index (χ1) is 4.58. The lowest BCUT2D eigenvalue weighted by Crippen LogP contribution is -2.25. The first-order valence-electron chi connectivity index (χ1n) is 4.43. The second-order valence-corrected chi connectivity index (χ2v) is 7.52. The predicted molar refractivity (Wildman–Crippen MR) is 51.0 cm³/mol. The summed E-state index contributed by atoms with van der Waals surface area (Å²) in [6.45, 7) is 11.9. The Kier molecular flexibility index (Phi) is 4.26. The molecule has 0 aliphatic heterocycles. The second-order valence-electron chi connectivity index (χ2n) is 3.55. The number of hydrogen-bond acceptors (Lipinski definition) is 0. The fourth-order valence-electron chi connectivity index (χ4n) is 1.46. The highest BCUT2D eigenvalue weighted by atomic mass is 28.3. The molecule has 10 heavy (non-hydrogen) atoms. The molecule has 0 saturated carbocycles. The van der Waals surface area contributed by atoms with Crippen molar-refractivity contribution in [2.24, 2.45) is 0 Å². The van der Waals surface area contributed by atoms with Crippen molar-refractivity contribution < 1.29 is 0 Å². The number of rotatable bonds is 4. The highest BCUT2D eigenvalue weighted by Gasteiger charge is 2.25. The molecule has 0 atom stereocenters. The van der Waals surface area contributed by atoms with E-state index >= 15 is 0 Å². The van der Waals surface area contributed by atoms with Crippen LogP contribution >= 0.6 is 0 Å². The zero-order valence-corrected chi connectivity index (χ0v) is 9.12. The molecule has 0 N–H and O–H groups in total. The van der Waals surface area contributed by atoms with Gasteiger partial charge in [0.05, 0.1) is 8.80 Å². The Bertz CT molecular complexity index is 82.7. The van der Waals surface area contributed by atoms with Gasteiger partial charge >= 0.3 is 0 Å². The highest BCUT2D eigenvalue weighted by molar-refractivity contribution is 6.61.